The van der Waals surface area contributed by atoms with Gasteiger partial charge in [0.25, 0.3) is 5.89 Å². The molecule has 134 valence electrons. The number of nitrogens with one attached hydrogen (secondary N) is 1. The minimum absolute atomic E-state index is 0.0974. The summed E-state index contributed by atoms with van der Waals surface area (Å²) >= 11 is 0. The molecule has 2 aromatic carbocycles. The van der Waals surface area contributed by atoms with Crippen molar-refractivity contribution in [2.75, 3.05) is 11.9 Å². The first-order valence-corrected chi connectivity index (χ1v) is 8.26. The molecule has 0 aliphatic heterocycles. The highest BCUT2D eigenvalue weighted by Gasteiger charge is 2.14. The Morgan fingerprint density at radius 2 is 1.92 bits per heavy atom. The van der Waals surface area contributed by atoms with Crippen molar-refractivity contribution < 1.29 is 18.3 Å². The molecule has 0 aliphatic rings. The summed E-state index contributed by atoms with van der Waals surface area (Å²) in [5.74, 6) is 0.343. The van der Waals surface area contributed by atoms with Crippen molar-refractivity contribution in [3.63, 3.8) is 0 Å². The second-order valence-corrected chi connectivity index (χ2v) is 5.46. The van der Waals surface area contributed by atoms with Crippen LogP contribution in [0.2, 0.25) is 0 Å². The van der Waals surface area contributed by atoms with E-state index >= 15 is 0 Å². The fourth-order valence-electron chi connectivity index (χ4n) is 2.38. The summed E-state index contributed by atoms with van der Waals surface area (Å²) in [6.45, 7) is 2.38. The van der Waals surface area contributed by atoms with Gasteiger partial charge in [-0.3, -0.25) is 4.79 Å². The maximum Gasteiger partial charge on any atom is 0.250 e. The number of amides is 1. The number of ether oxygens (including phenoxy) is 1. The molecule has 0 spiro atoms. The van der Waals surface area contributed by atoms with Crippen LogP contribution < -0.4 is 10.1 Å². The number of nitrogens with zero attached hydrogens (tertiary/aromatic N) is 2. The van der Waals surface area contributed by atoms with Crippen molar-refractivity contribution in [2.24, 2.45) is 0 Å². The third kappa shape index (κ3) is 4.24. The van der Waals surface area contributed by atoms with Crippen LogP contribution in [0.5, 0.6) is 5.75 Å². The van der Waals surface area contributed by atoms with Crippen LogP contribution in [0.1, 0.15) is 19.2 Å². The molecule has 6 nitrogen and oxygen atoms in total. The van der Waals surface area contributed by atoms with Crippen molar-refractivity contribution in [3.8, 4) is 17.2 Å². The smallest absolute Gasteiger partial charge is 0.250 e. The second kappa shape index (κ2) is 8.24. The number of para-hydroxylation sites is 2. The molecule has 26 heavy (non-hydrogen) atoms. The average molecular weight is 355 g/mol. The topological polar surface area (TPSA) is 77.2 Å². The van der Waals surface area contributed by atoms with Crippen molar-refractivity contribution in [3.05, 3.63) is 60.2 Å². The molecule has 1 aromatic heterocycles. The summed E-state index contributed by atoms with van der Waals surface area (Å²) in [5.41, 5.74) is 0.846. The Labute approximate surface area is 150 Å². The second-order valence-electron chi connectivity index (χ2n) is 5.46. The van der Waals surface area contributed by atoms with Gasteiger partial charge in [0.1, 0.15) is 11.6 Å². The molecule has 0 saturated heterocycles. The highest BCUT2D eigenvalue weighted by molar-refractivity contribution is 5.92. The van der Waals surface area contributed by atoms with E-state index in [1.807, 2.05) is 19.1 Å². The summed E-state index contributed by atoms with van der Waals surface area (Å²) in [6, 6.07) is 13.4. The zero-order valence-corrected chi connectivity index (χ0v) is 14.2. The Morgan fingerprint density at radius 1 is 1.15 bits per heavy atom. The SMILES string of the molecule is CCOc1ccccc1NC(=O)CCc1nnc(-c2ccccc2F)o1. The summed E-state index contributed by atoms with van der Waals surface area (Å²) in [6.07, 6.45) is 0.406. The fraction of sp³-hybridized carbons (Fsp3) is 0.211. The van der Waals surface area contributed by atoms with Crippen molar-refractivity contribution in [1.82, 2.24) is 10.2 Å². The largest absolute Gasteiger partial charge is 0.492 e. The van der Waals surface area contributed by atoms with Gasteiger partial charge in [-0.05, 0) is 31.2 Å². The minimum Gasteiger partial charge on any atom is -0.492 e. The summed E-state index contributed by atoms with van der Waals surface area (Å²) < 4.78 is 24.7. The zero-order chi connectivity index (χ0) is 18.4. The molecule has 0 bridgehead atoms. The van der Waals surface area contributed by atoms with Crippen LogP contribution in [0, 0.1) is 5.82 Å². The Balaban J connectivity index is 1.60. The number of anilines is 1. The van der Waals surface area contributed by atoms with E-state index in [1.54, 1.807) is 30.3 Å². The highest BCUT2D eigenvalue weighted by Crippen LogP contribution is 2.24. The zero-order valence-electron chi connectivity index (χ0n) is 14.2. The fourth-order valence-corrected chi connectivity index (χ4v) is 2.38. The van der Waals surface area contributed by atoms with Crippen LogP contribution >= 0.6 is 0 Å². The maximum absolute atomic E-state index is 13.7. The Morgan fingerprint density at radius 3 is 2.73 bits per heavy atom. The monoisotopic (exact) mass is 355 g/mol. The van der Waals surface area contributed by atoms with Crippen LogP contribution in [0.25, 0.3) is 11.5 Å². The predicted octanol–water partition coefficient (Wildman–Crippen LogP) is 3.85. The molecule has 1 N–H and O–H groups in total. The van der Waals surface area contributed by atoms with Gasteiger partial charge in [-0.15, -0.1) is 10.2 Å². The number of rotatable bonds is 7. The van der Waals surface area contributed by atoms with Gasteiger partial charge >= 0.3 is 0 Å². The lowest BCUT2D eigenvalue weighted by molar-refractivity contribution is -0.116. The number of hydrogen-bond acceptors (Lipinski definition) is 5. The lowest BCUT2D eigenvalue weighted by atomic mass is 10.2. The van der Waals surface area contributed by atoms with Crippen LogP contribution in [0.3, 0.4) is 0 Å². The first kappa shape index (κ1) is 17.6. The maximum atomic E-state index is 13.7. The number of benzene rings is 2. The summed E-state index contributed by atoms with van der Waals surface area (Å²) in [5, 5.41) is 10.5. The van der Waals surface area contributed by atoms with Gasteiger partial charge in [-0.2, -0.15) is 0 Å². The van der Waals surface area contributed by atoms with Gasteiger partial charge in [0.05, 0.1) is 17.9 Å². The lowest BCUT2D eigenvalue weighted by Gasteiger charge is -2.10. The van der Waals surface area contributed by atoms with E-state index in [0.717, 1.165) is 0 Å². The van der Waals surface area contributed by atoms with Gasteiger partial charge in [-0.1, -0.05) is 24.3 Å². The van der Waals surface area contributed by atoms with E-state index in [1.165, 1.54) is 6.07 Å². The van der Waals surface area contributed by atoms with E-state index in [0.29, 0.717) is 18.0 Å². The summed E-state index contributed by atoms with van der Waals surface area (Å²) in [7, 11) is 0. The van der Waals surface area contributed by atoms with Crippen LogP contribution in [0.15, 0.2) is 52.9 Å². The van der Waals surface area contributed by atoms with E-state index in [4.69, 9.17) is 9.15 Å². The van der Waals surface area contributed by atoms with Gasteiger partial charge < -0.3 is 14.5 Å². The molecule has 7 heteroatoms. The molecular weight excluding hydrogens is 337 g/mol. The van der Waals surface area contributed by atoms with E-state index < -0.39 is 5.82 Å². The van der Waals surface area contributed by atoms with Crippen molar-refractivity contribution >= 4 is 11.6 Å². The molecule has 1 amide bonds. The number of aromatic nitrogens is 2. The summed E-state index contributed by atoms with van der Waals surface area (Å²) in [4.78, 5) is 12.2. The molecule has 0 radical (unpaired) electrons. The van der Waals surface area contributed by atoms with Gasteiger partial charge in [0.15, 0.2) is 0 Å². The number of aryl methyl sites for hydroxylation is 1. The van der Waals surface area contributed by atoms with Gasteiger partial charge in [0, 0.05) is 12.8 Å². The standard InChI is InChI=1S/C19H18FN3O3/c1-2-25-16-10-6-5-9-15(16)21-17(24)11-12-18-22-23-19(26-18)13-7-3-4-8-14(13)20/h3-10H,2,11-12H2,1H3,(H,21,24). The normalized spacial score (nSPS) is 10.5. The van der Waals surface area contributed by atoms with E-state index in [9.17, 15) is 9.18 Å². The van der Waals surface area contributed by atoms with Crippen LogP contribution in [-0.2, 0) is 11.2 Å². The molecule has 3 rings (SSSR count). The molecule has 0 atom stereocenters. The Hall–Kier alpha value is -3.22. The molecule has 0 fully saturated rings. The molecular formula is C19H18FN3O3. The van der Waals surface area contributed by atoms with Gasteiger partial charge in [0.2, 0.25) is 11.8 Å². The molecule has 0 unspecified atom stereocenters. The quantitative estimate of drug-likeness (QED) is 0.697. The molecule has 0 aliphatic carbocycles. The predicted molar refractivity (Wildman–Crippen MR) is 94.3 cm³/mol. The van der Waals surface area contributed by atoms with Crippen molar-refractivity contribution in [1.29, 1.82) is 0 Å². The van der Waals surface area contributed by atoms with Crippen LogP contribution in [-0.4, -0.2) is 22.7 Å². The Bertz CT molecular complexity index is 895. The molecule has 3 aromatic rings. The number of halogens is 1. The minimum atomic E-state index is -0.437. The third-order valence-electron chi connectivity index (χ3n) is 3.60. The molecule has 0 saturated carbocycles. The Kier molecular flexibility index (Phi) is 5.58. The third-order valence-corrected chi connectivity index (χ3v) is 3.60. The average Bonchev–Trinajstić information content (AvgIpc) is 3.11. The number of carbonyl (C=O) groups excluding carboxylic acids is 1. The molecule has 1 heterocycles. The first-order valence-electron chi connectivity index (χ1n) is 8.26. The van der Waals surface area contributed by atoms with E-state index in [2.05, 4.69) is 15.5 Å². The van der Waals surface area contributed by atoms with E-state index in [-0.39, 0.29) is 36.1 Å². The number of hydrogen-bond donors (Lipinski definition) is 1. The van der Waals surface area contributed by atoms with Gasteiger partial charge in [-0.25, -0.2) is 4.39 Å². The van der Waals surface area contributed by atoms with Crippen molar-refractivity contribution in [2.45, 2.75) is 19.8 Å². The first-order chi connectivity index (χ1) is 12.7. The number of carbonyl (C=O) groups is 1. The highest BCUT2D eigenvalue weighted by atomic mass is 19.1. The van der Waals surface area contributed by atoms with Crippen LogP contribution in [0.4, 0.5) is 10.1 Å². The lowest BCUT2D eigenvalue weighted by Crippen LogP contribution is -2.13.